The predicted octanol–water partition coefficient (Wildman–Crippen LogP) is 3.51. The highest BCUT2D eigenvalue weighted by atomic mass is 35.5. The Hall–Kier alpha value is -2.27. The summed E-state index contributed by atoms with van der Waals surface area (Å²) in [5.74, 6) is -0.977. The van der Waals surface area contributed by atoms with Crippen LogP contribution in [0.2, 0.25) is 5.02 Å². The quantitative estimate of drug-likeness (QED) is 0.849. The van der Waals surface area contributed by atoms with E-state index < -0.39 is 12.0 Å². The Labute approximate surface area is 126 Å². The van der Waals surface area contributed by atoms with E-state index in [9.17, 15) is 14.3 Å². The normalized spacial score (nSPS) is 11.8. The van der Waals surface area contributed by atoms with Crippen molar-refractivity contribution in [3.63, 3.8) is 0 Å². The summed E-state index contributed by atoms with van der Waals surface area (Å²) in [6.07, 6.45) is 0. The van der Waals surface area contributed by atoms with Gasteiger partial charge in [-0.15, -0.1) is 0 Å². The van der Waals surface area contributed by atoms with Crippen molar-refractivity contribution in [3.05, 3.63) is 58.9 Å². The number of hydrogen-bond donors (Lipinski definition) is 2. The number of hydrogen-bond acceptors (Lipinski definition) is 4. The lowest BCUT2D eigenvalue weighted by Gasteiger charge is -2.18. The highest BCUT2D eigenvalue weighted by Gasteiger charge is 2.22. The maximum atomic E-state index is 12.9. The molecule has 2 aromatic rings. The number of ether oxygens (including phenoxy) is 1. The molecule has 1 unspecified atom stereocenters. The van der Waals surface area contributed by atoms with Crippen LogP contribution < -0.4 is 5.32 Å². The summed E-state index contributed by atoms with van der Waals surface area (Å²) in [4.78, 5) is 11.9. The monoisotopic (exact) mass is 309 g/mol. The number of rotatable bonds is 4. The second-order valence-electron chi connectivity index (χ2n) is 4.32. The van der Waals surface area contributed by atoms with Gasteiger partial charge >= 0.3 is 5.97 Å². The Morgan fingerprint density at radius 3 is 2.52 bits per heavy atom. The van der Waals surface area contributed by atoms with Gasteiger partial charge in [0.2, 0.25) is 0 Å². The van der Waals surface area contributed by atoms with Crippen molar-refractivity contribution in [1.29, 1.82) is 0 Å². The van der Waals surface area contributed by atoms with E-state index in [1.165, 1.54) is 43.5 Å². The molecule has 0 aromatic heterocycles. The fourth-order valence-electron chi connectivity index (χ4n) is 1.81. The number of anilines is 1. The summed E-state index contributed by atoms with van der Waals surface area (Å²) < 4.78 is 17.7. The van der Waals surface area contributed by atoms with E-state index in [0.29, 0.717) is 11.3 Å². The zero-order valence-electron chi connectivity index (χ0n) is 11.1. The third-order valence-corrected chi connectivity index (χ3v) is 3.20. The van der Waals surface area contributed by atoms with Gasteiger partial charge in [0.25, 0.3) is 0 Å². The van der Waals surface area contributed by atoms with E-state index >= 15 is 0 Å². The minimum atomic E-state index is -0.821. The van der Waals surface area contributed by atoms with E-state index in [4.69, 9.17) is 16.3 Å². The number of halogens is 2. The smallest absolute Gasteiger partial charge is 0.332 e. The van der Waals surface area contributed by atoms with Gasteiger partial charge in [0.1, 0.15) is 11.6 Å². The van der Waals surface area contributed by atoms with Gasteiger partial charge in [-0.05, 0) is 42.0 Å². The molecule has 0 heterocycles. The standard InChI is InChI=1S/C15H13ClFNO3/c1-21-15(20)14(9-2-7-13(19)12(16)8-9)18-11-5-3-10(17)4-6-11/h2-8,14,18-19H,1H3. The molecule has 0 saturated heterocycles. The topological polar surface area (TPSA) is 58.6 Å². The average Bonchev–Trinajstić information content (AvgIpc) is 2.49. The molecule has 110 valence electrons. The zero-order valence-corrected chi connectivity index (χ0v) is 11.9. The molecule has 0 fully saturated rings. The van der Waals surface area contributed by atoms with Gasteiger partial charge in [-0.3, -0.25) is 0 Å². The minimum absolute atomic E-state index is 0.0779. The van der Waals surface area contributed by atoms with Crippen LogP contribution in [0, 0.1) is 5.82 Å². The molecular formula is C15H13ClFNO3. The van der Waals surface area contributed by atoms with Crippen molar-refractivity contribution in [3.8, 4) is 5.75 Å². The van der Waals surface area contributed by atoms with Gasteiger partial charge in [-0.2, -0.15) is 0 Å². The minimum Gasteiger partial charge on any atom is -0.506 e. The fourth-order valence-corrected chi connectivity index (χ4v) is 2.00. The molecule has 2 aromatic carbocycles. The lowest BCUT2D eigenvalue weighted by Crippen LogP contribution is -2.22. The van der Waals surface area contributed by atoms with Gasteiger partial charge in [0.05, 0.1) is 12.1 Å². The SMILES string of the molecule is COC(=O)C(Nc1ccc(F)cc1)c1ccc(O)c(Cl)c1. The molecule has 21 heavy (non-hydrogen) atoms. The molecule has 0 saturated carbocycles. The fraction of sp³-hybridized carbons (Fsp3) is 0.133. The predicted molar refractivity (Wildman–Crippen MR) is 77.9 cm³/mol. The second-order valence-corrected chi connectivity index (χ2v) is 4.73. The van der Waals surface area contributed by atoms with Gasteiger partial charge in [-0.25, -0.2) is 9.18 Å². The molecule has 0 aliphatic rings. The maximum Gasteiger partial charge on any atom is 0.332 e. The molecule has 0 aliphatic carbocycles. The van der Waals surface area contributed by atoms with E-state index in [0.717, 1.165) is 0 Å². The first-order chi connectivity index (χ1) is 10.0. The molecule has 0 amide bonds. The molecule has 0 bridgehead atoms. The number of nitrogens with one attached hydrogen (secondary N) is 1. The van der Waals surface area contributed by atoms with Crippen LogP contribution in [-0.2, 0) is 9.53 Å². The Morgan fingerprint density at radius 2 is 1.95 bits per heavy atom. The molecular weight excluding hydrogens is 297 g/mol. The maximum absolute atomic E-state index is 12.9. The first kappa shape index (κ1) is 15.1. The highest BCUT2D eigenvalue weighted by Crippen LogP contribution is 2.29. The number of methoxy groups -OCH3 is 1. The van der Waals surface area contributed by atoms with Gasteiger partial charge in [0, 0.05) is 5.69 Å². The van der Waals surface area contributed by atoms with Gasteiger partial charge in [0.15, 0.2) is 6.04 Å². The molecule has 0 spiro atoms. The Morgan fingerprint density at radius 1 is 1.29 bits per heavy atom. The van der Waals surface area contributed by atoms with Crippen molar-refractivity contribution < 1.29 is 19.0 Å². The van der Waals surface area contributed by atoms with Crippen molar-refractivity contribution in [2.45, 2.75) is 6.04 Å². The summed E-state index contributed by atoms with van der Waals surface area (Å²) in [5, 5.41) is 12.5. The first-order valence-electron chi connectivity index (χ1n) is 6.09. The van der Waals surface area contributed by atoms with Crippen LogP contribution in [0.3, 0.4) is 0 Å². The summed E-state index contributed by atoms with van der Waals surface area (Å²) in [6, 6.07) is 9.16. The van der Waals surface area contributed by atoms with Crippen LogP contribution in [0.5, 0.6) is 5.75 Å². The lowest BCUT2D eigenvalue weighted by atomic mass is 10.1. The number of phenolic OH excluding ortho intramolecular Hbond substituents is 1. The largest absolute Gasteiger partial charge is 0.506 e. The lowest BCUT2D eigenvalue weighted by molar-refractivity contribution is -0.141. The van der Waals surface area contributed by atoms with Crippen molar-refractivity contribution in [2.75, 3.05) is 12.4 Å². The molecule has 0 aliphatic heterocycles. The summed E-state index contributed by atoms with van der Waals surface area (Å²) in [5.41, 5.74) is 1.07. The number of phenols is 1. The third kappa shape index (κ3) is 3.64. The number of esters is 1. The Kier molecular flexibility index (Phi) is 4.65. The van der Waals surface area contributed by atoms with Crippen LogP contribution in [0.15, 0.2) is 42.5 Å². The number of carbonyl (C=O) groups is 1. The van der Waals surface area contributed by atoms with Crippen molar-refractivity contribution in [2.24, 2.45) is 0 Å². The molecule has 0 radical (unpaired) electrons. The number of carbonyl (C=O) groups excluding carboxylic acids is 1. The van der Waals surface area contributed by atoms with Crippen molar-refractivity contribution in [1.82, 2.24) is 0 Å². The average molecular weight is 310 g/mol. The summed E-state index contributed by atoms with van der Waals surface area (Å²) >= 11 is 5.85. The van der Waals surface area contributed by atoms with Gasteiger partial charge in [-0.1, -0.05) is 17.7 Å². The van der Waals surface area contributed by atoms with Crippen LogP contribution in [0.4, 0.5) is 10.1 Å². The first-order valence-corrected chi connectivity index (χ1v) is 6.47. The Balaban J connectivity index is 2.31. The molecule has 2 N–H and O–H groups in total. The van der Waals surface area contributed by atoms with E-state index in [1.807, 2.05) is 0 Å². The van der Waals surface area contributed by atoms with E-state index in [1.54, 1.807) is 6.07 Å². The van der Waals surface area contributed by atoms with Crippen LogP contribution in [0.1, 0.15) is 11.6 Å². The van der Waals surface area contributed by atoms with E-state index in [2.05, 4.69) is 5.32 Å². The van der Waals surface area contributed by atoms with Crippen LogP contribution in [-0.4, -0.2) is 18.2 Å². The molecule has 4 nitrogen and oxygen atoms in total. The second kappa shape index (κ2) is 6.45. The van der Waals surface area contributed by atoms with Gasteiger partial charge < -0.3 is 15.2 Å². The van der Waals surface area contributed by atoms with Crippen LogP contribution in [0.25, 0.3) is 0 Å². The molecule has 1 atom stereocenters. The molecule has 6 heteroatoms. The van der Waals surface area contributed by atoms with Crippen molar-refractivity contribution >= 4 is 23.3 Å². The third-order valence-electron chi connectivity index (χ3n) is 2.90. The summed E-state index contributed by atoms with van der Waals surface area (Å²) in [6.45, 7) is 0. The summed E-state index contributed by atoms with van der Waals surface area (Å²) in [7, 11) is 1.27. The molecule has 2 rings (SSSR count). The van der Waals surface area contributed by atoms with E-state index in [-0.39, 0.29) is 16.6 Å². The number of aromatic hydroxyl groups is 1. The zero-order chi connectivity index (χ0) is 15.4. The van der Waals surface area contributed by atoms with Crippen LogP contribution >= 0.6 is 11.6 Å². The Bertz CT molecular complexity index is 646. The number of benzene rings is 2. The highest BCUT2D eigenvalue weighted by molar-refractivity contribution is 6.32.